The molecule has 2 unspecified atom stereocenters. The van der Waals surface area contributed by atoms with E-state index in [9.17, 15) is 0 Å². The quantitative estimate of drug-likeness (QED) is 0.703. The normalized spacial score (nSPS) is 34.2. The molecule has 0 radical (unpaired) electrons. The monoisotopic (exact) mass is 182 g/mol. The van der Waals surface area contributed by atoms with Crippen molar-refractivity contribution in [2.24, 2.45) is 11.7 Å². The minimum atomic E-state index is 0.441. The summed E-state index contributed by atoms with van der Waals surface area (Å²) in [6.45, 7) is 4.81. The standard InChI is InChI=1S/C11H22N2/c1-9(10-4-2-5-10)13-7-3-6-11(12)8-13/h9-11H,2-8,12H2,1H3. The van der Waals surface area contributed by atoms with Gasteiger partial charge in [-0.3, -0.25) is 4.90 Å². The number of nitrogens with two attached hydrogens (primary N) is 1. The highest BCUT2D eigenvalue weighted by Crippen LogP contribution is 2.32. The van der Waals surface area contributed by atoms with Crippen LogP contribution in [0, 0.1) is 5.92 Å². The molecule has 0 aromatic heterocycles. The Morgan fingerprint density at radius 2 is 2.00 bits per heavy atom. The van der Waals surface area contributed by atoms with E-state index in [1.54, 1.807) is 0 Å². The predicted octanol–water partition coefficient (Wildman–Crippen LogP) is 1.60. The van der Waals surface area contributed by atoms with Crippen molar-refractivity contribution < 1.29 is 0 Å². The molecule has 2 rings (SSSR count). The molecule has 0 amide bonds. The average Bonchev–Trinajstić information content (AvgIpc) is 2.01. The number of hydrogen-bond donors (Lipinski definition) is 1. The van der Waals surface area contributed by atoms with Gasteiger partial charge in [-0.1, -0.05) is 6.42 Å². The highest BCUT2D eigenvalue weighted by molar-refractivity contribution is 4.85. The molecule has 2 fully saturated rings. The van der Waals surface area contributed by atoms with Gasteiger partial charge in [0.25, 0.3) is 0 Å². The van der Waals surface area contributed by atoms with Gasteiger partial charge in [0, 0.05) is 18.6 Å². The Kier molecular flexibility index (Phi) is 2.89. The van der Waals surface area contributed by atoms with Crippen LogP contribution in [0.1, 0.15) is 39.0 Å². The number of hydrogen-bond acceptors (Lipinski definition) is 2. The van der Waals surface area contributed by atoms with Crippen molar-refractivity contribution in [3.8, 4) is 0 Å². The third-order valence-electron chi connectivity index (χ3n) is 3.90. The van der Waals surface area contributed by atoms with E-state index in [0.29, 0.717) is 6.04 Å². The summed E-state index contributed by atoms with van der Waals surface area (Å²) < 4.78 is 0. The molecule has 2 heteroatoms. The van der Waals surface area contributed by atoms with Crippen LogP contribution < -0.4 is 5.73 Å². The van der Waals surface area contributed by atoms with Crippen LogP contribution in [0.5, 0.6) is 0 Å². The molecule has 1 saturated carbocycles. The first-order valence-electron chi connectivity index (χ1n) is 5.77. The SMILES string of the molecule is CC(C1CCC1)N1CCCC(N)C1. The minimum Gasteiger partial charge on any atom is -0.327 e. The molecule has 2 aliphatic rings. The van der Waals surface area contributed by atoms with E-state index in [2.05, 4.69) is 11.8 Å². The first-order valence-corrected chi connectivity index (χ1v) is 5.77. The second-order valence-corrected chi connectivity index (χ2v) is 4.83. The predicted molar refractivity (Wildman–Crippen MR) is 55.6 cm³/mol. The number of nitrogens with zero attached hydrogens (tertiary/aromatic N) is 1. The van der Waals surface area contributed by atoms with Crippen molar-refractivity contribution in [2.45, 2.75) is 51.1 Å². The molecular weight excluding hydrogens is 160 g/mol. The maximum Gasteiger partial charge on any atom is 0.0168 e. The molecule has 0 bridgehead atoms. The molecule has 2 N–H and O–H groups in total. The van der Waals surface area contributed by atoms with Crippen LogP contribution in [0.4, 0.5) is 0 Å². The Morgan fingerprint density at radius 1 is 1.23 bits per heavy atom. The Hall–Kier alpha value is -0.0800. The van der Waals surface area contributed by atoms with Crippen LogP contribution in [0.3, 0.4) is 0 Å². The van der Waals surface area contributed by atoms with Crippen LogP contribution in [0.25, 0.3) is 0 Å². The lowest BCUT2D eigenvalue weighted by Gasteiger charge is -2.42. The second-order valence-electron chi connectivity index (χ2n) is 4.83. The third-order valence-corrected chi connectivity index (χ3v) is 3.90. The lowest BCUT2D eigenvalue weighted by Crippen LogP contribution is -2.50. The summed E-state index contributed by atoms with van der Waals surface area (Å²) in [6.07, 6.45) is 6.89. The lowest BCUT2D eigenvalue weighted by atomic mass is 9.79. The zero-order valence-electron chi connectivity index (χ0n) is 8.71. The fourth-order valence-electron chi connectivity index (χ4n) is 2.63. The van der Waals surface area contributed by atoms with Crippen LogP contribution >= 0.6 is 0 Å². The zero-order chi connectivity index (χ0) is 9.26. The van der Waals surface area contributed by atoms with Gasteiger partial charge in [0.05, 0.1) is 0 Å². The number of likely N-dealkylation sites (tertiary alicyclic amines) is 1. The summed E-state index contributed by atoms with van der Waals surface area (Å²) in [5, 5.41) is 0. The van der Waals surface area contributed by atoms with Crippen LogP contribution in [-0.2, 0) is 0 Å². The molecule has 0 aromatic carbocycles. The summed E-state index contributed by atoms with van der Waals surface area (Å²) >= 11 is 0. The summed E-state index contributed by atoms with van der Waals surface area (Å²) in [4.78, 5) is 2.61. The summed E-state index contributed by atoms with van der Waals surface area (Å²) in [6, 6.07) is 1.23. The Labute approximate surface area is 81.5 Å². The second kappa shape index (κ2) is 3.97. The molecule has 1 saturated heterocycles. The molecule has 2 nitrogen and oxygen atoms in total. The van der Waals surface area contributed by atoms with Gasteiger partial charge in [-0.05, 0) is 45.1 Å². The van der Waals surface area contributed by atoms with E-state index in [0.717, 1.165) is 18.5 Å². The van der Waals surface area contributed by atoms with Crippen molar-refractivity contribution in [3.63, 3.8) is 0 Å². The van der Waals surface area contributed by atoms with E-state index in [-0.39, 0.29) is 0 Å². The van der Waals surface area contributed by atoms with Crippen LogP contribution in [0.15, 0.2) is 0 Å². The number of piperidine rings is 1. The Balaban J connectivity index is 1.83. The van der Waals surface area contributed by atoms with E-state index >= 15 is 0 Å². The first-order chi connectivity index (χ1) is 6.27. The maximum atomic E-state index is 5.98. The van der Waals surface area contributed by atoms with Gasteiger partial charge in [-0.25, -0.2) is 0 Å². The van der Waals surface area contributed by atoms with E-state index in [4.69, 9.17) is 5.73 Å². The molecule has 1 aliphatic carbocycles. The van der Waals surface area contributed by atoms with Gasteiger partial charge in [-0.2, -0.15) is 0 Å². The van der Waals surface area contributed by atoms with Gasteiger partial charge in [0.2, 0.25) is 0 Å². The van der Waals surface area contributed by atoms with Gasteiger partial charge >= 0.3 is 0 Å². The highest BCUT2D eigenvalue weighted by Gasteiger charge is 2.30. The van der Waals surface area contributed by atoms with Crippen molar-refractivity contribution >= 4 is 0 Å². The molecule has 1 heterocycles. The third kappa shape index (κ3) is 2.05. The number of rotatable bonds is 2. The molecule has 0 spiro atoms. The van der Waals surface area contributed by atoms with E-state index in [1.807, 2.05) is 0 Å². The summed E-state index contributed by atoms with van der Waals surface area (Å²) in [7, 11) is 0. The van der Waals surface area contributed by atoms with Crippen molar-refractivity contribution in [1.29, 1.82) is 0 Å². The molecule has 2 atom stereocenters. The van der Waals surface area contributed by atoms with Crippen molar-refractivity contribution in [2.75, 3.05) is 13.1 Å². The average molecular weight is 182 g/mol. The molecular formula is C11H22N2. The van der Waals surface area contributed by atoms with Gasteiger partial charge in [0.1, 0.15) is 0 Å². The topological polar surface area (TPSA) is 29.3 Å². The summed E-state index contributed by atoms with van der Waals surface area (Å²) in [5.74, 6) is 0.977. The molecule has 76 valence electrons. The van der Waals surface area contributed by atoms with Gasteiger partial charge < -0.3 is 5.73 Å². The largest absolute Gasteiger partial charge is 0.327 e. The van der Waals surface area contributed by atoms with Gasteiger partial charge in [0.15, 0.2) is 0 Å². The smallest absolute Gasteiger partial charge is 0.0168 e. The fraction of sp³-hybridized carbons (Fsp3) is 1.00. The molecule has 0 aromatic rings. The Morgan fingerprint density at radius 3 is 2.54 bits per heavy atom. The van der Waals surface area contributed by atoms with E-state index in [1.165, 1.54) is 38.6 Å². The van der Waals surface area contributed by atoms with Crippen LogP contribution in [0.2, 0.25) is 0 Å². The highest BCUT2D eigenvalue weighted by atomic mass is 15.2. The molecule has 1 aliphatic heterocycles. The fourth-order valence-corrected chi connectivity index (χ4v) is 2.63. The minimum absolute atomic E-state index is 0.441. The van der Waals surface area contributed by atoms with Crippen molar-refractivity contribution in [3.05, 3.63) is 0 Å². The van der Waals surface area contributed by atoms with E-state index < -0.39 is 0 Å². The Bertz CT molecular complexity index is 165. The van der Waals surface area contributed by atoms with Gasteiger partial charge in [-0.15, -0.1) is 0 Å². The molecule has 13 heavy (non-hydrogen) atoms. The first kappa shape index (κ1) is 9.47. The zero-order valence-corrected chi connectivity index (χ0v) is 8.71. The summed E-state index contributed by atoms with van der Waals surface area (Å²) in [5.41, 5.74) is 5.98. The van der Waals surface area contributed by atoms with Crippen molar-refractivity contribution in [1.82, 2.24) is 4.90 Å². The van der Waals surface area contributed by atoms with Crippen LogP contribution in [-0.4, -0.2) is 30.1 Å². The lowest BCUT2D eigenvalue weighted by molar-refractivity contribution is 0.0827. The maximum absolute atomic E-state index is 5.98.